The summed E-state index contributed by atoms with van der Waals surface area (Å²) in [6.45, 7) is 4.23. The monoisotopic (exact) mass is 243 g/mol. The second kappa shape index (κ2) is 5.36. The zero-order chi connectivity index (χ0) is 13.1. The van der Waals surface area contributed by atoms with Crippen LogP contribution in [0.4, 0.5) is 0 Å². The predicted octanol–water partition coefficient (Wildman–Crippen LogP) is 2.67. The van der Waals surface area contributed by atoms with Gasteiger partial charge in [-0.05, 0) is 37.8 Å². The maximum absolute atomic E-state index is 6.26. The van der Waals surface area contributed by atoms with Crippen molar-refractivity contribution in [2.75, 3.05) is 0 Å². The van der Waals surface area contributed by atoms with Crippen molar-refractivity contribution in [1.82, 2.24) is 9.78 Å². The van der Waals surface area contributed by atoms with Crippen LogP contribution in [0.25, 0.3) is 0 Å². The van der Waals surface area contributed by atoms with Crippen molar-refractivity contribution in [3.63, 3.8) is 0 Å². The first-order chi connectivity index (χ1) is 8.54. The molecule has 1 unspecified atom stereocenters. The molecule has 96 valence electrons. The molecule has 1 aromatic carbocycles. The average Bonchev–Trinajstić information content (AvgIpc) is 2.70. The molecule has 0 fully saturated rings. The molecule has 2 N–H and O–H groups in total. The molecule has 18 heavy (non-hydrogen) atoms. The lowest BCUT2D eigenvalue weighted by Crippen LogP contribution is -2.11. The number of hydrogen-bond acceptors (Lipinski definition) is 2. The number of rotatable bonds is 4. The lowest BCUT2D eigenvalue weighted by atomic mass is 9.97. The molecule has 1 heterocycles. The molecular weight excluding hydrogens is 222 g/mol. The quantitative estimate of drug-likeness (QED) is 0.897. The topological polar surface area (TPSA) is 43.8 Å². The van der Waals surface area contributed by atoms with Gasteiger partial charge in [-0.15, -0.1) is 0 Å². The number of nitrogens with zero attached hydrogens (tertiary/aromatic N) is 2. The van der Waals surface area contributed by atoms with Gasteiger partial charge in [-0.2, -0.15) is 5.10 Å². The van der Waals surface area contributed by atoms with Crippen molar-refractivity contribution in [3.8, 4) is 0 Å². The van der Waals surface area contributed by atoms with Gasteiger partial charge in [0.2, 0.25) is 0 Å². The molecule has 3 heteroatoms. The molecule has 0 aliphatic heterocycles. The highest BCUT2D eigenvalue weighted by molar-refractivity contribution is 5.30. The van der Waals surface area contributed by atoms with E-state index >= 15 is 0 Å². The third kappa shape index (κ3) is 3.20. The Morgan fingerprint density at radius 3 is 2.44 bits per heavy atom. The van der Waals surface area contributed by atoms with Crippen LogP contribution in [0.2, 0.25) is 0 Å². The molecule has 0 saturated heterocycles. The summed E-state index contributed by atoms with van der Waals surface area (Å²) < 4.78 is 1.83. The Morgan fingerprint density at radius 1 is 1.22 bits per heavy atom. The van der Waals surface area contributed by atoms with Gasteiger partial charge in [0.05, 0.1) is 6.20 Å². The minimum absolute atomic E-state index is 0.101. The fraction of sp³-hybridized carbons (Fsp3) is 0.400. The summed E-state index contributed by atoms with van der Waals surface area (Å²) in [5.74, 6) is 0. The minimum atomic E-state index is 0.101. The van der Waals surface area contributed by atoms with E-state index in [4.69, 9.17) is 5.73 Å². The summed E-state index contributed by atoms with van der Waals surface area (Å²) in [7, 11) is 1.94. The molecule has 0 saturated carbocycles. The predicted molar refractivity (Wildman–Crippen MR) is 74.4 cm³/mol. The van der Waals surface area contributed by atoms with Gasteiger partial charge in [0.1, 0.15) is 0 Å². The number of nitrogens with two attached hydrogens (primary N) is 1. The van der Waals surface area contributed by atoms with Crippen LogP contribution in [0.1, 0.15) is 34.7 Å². The van der Waals surface area contributed by atoms with E-state index in [0.717, 1.165) is 12.8 Å². The zero-order valence-corrected chi connectivity index (χ0v) is 11.4. The molecule has 0 bridgehead atoms. The van der Waals surface area contributed by atoms with E-state index in [1.165, 1.54) is 22.3 Å². The molecule has 2 aromatic rings. The first kappa shape index (κ1) is 12.8. The molecule has 0 aliphatic rings. The normalized spacial score (nSPS) is 12.7. The molecule has 3 nitrogen and oxygen atoms in total. The smallest absolute Gasteiger partial charge is 0.0521 e. The second-order valence-electron chi connectivity index (χ2n) is 5.09. The largest absolute Gasteiger partial charge is 0.324 e. The van der Waals surface area contributed by atoms with Crippen molar-refractivity contribution in [2.24, 2.45) is 12.8 Å². The first-order valence-corrected chi connectivity index (χ1v) is 6.36. The first-order valence-electron chi connectivity index (χ1n) is 6.36. The number of hydrogen-bond donors (Lipinski definition) is 1. The van der Waals surface area contributed by atoms with Gasteiger partial charge in [0, 0.05) is 19.3 Å². The summed E-state index contributed by atoms with van der Waals surface area (Å²) in [4.78, 5) is 0. The third-order valence-corrected chi connectivity index (χ3v) is 3.17. The number of aromatic nitrogens is 2. The lowest BCUT2D eigenvalue weighted by Gasteiger charge is -2.13. The number of aryl methyl sites for hydroxylation is 4. The van der Waals surface area contributed by atoms with Crippen molar-refractivity contribution < 1.29 is 0 Å². The maximum atomic E-state index is 6.26. The Bertz CT molecular complexity index is 508. The zero-order valence-electron chi connectivity index (χ0n) is 11.4. The van der Waals surface area contributed by atoms with Crippen LogP contribution >= 0.6 is 0 Å². The molecule has 1 aromatic heterocycles. The molecule has 1 atom stereocenters. The highest BCUT2D eigenvalue weighted by atomic mass is 15.2. The van der Waals surface area contributed by atoms with Crippen LogP contribution in [0.5, 0.6) is 0 Å². The highest BCUT2D eigenvalue weighted by Crippen LogP contribution is 2.19. The summed E-state index contributed by atoms with van der Waals surface area (Å²) in [6, 6.07) is 6.64. The second-order valence-corrected chi connectivity index (χ2v) is 5.09. The van der Waals surface area contributed by atoms with E-state index in [1.54, 1.807) is 0 Å². The van der Waals surface area contributed by atoms with Gasteiger partial charge < -0.3 is 5.73 Å². The van der Waals surface area contributed by atoms with Gasteiger partial charge >= 0.3 is 0 Å². The Labute approximate surface area is 109 Å². The summed E-state index contributed by atoms with van der Waals surface area (Å²) in [5.41, 5.74) is 11.3. The van der Waals surface area contributed by atoms with Crippen molar-refractivity contribution in [1.29, 1.82) is 0 Å². The van der Waals surface area contributed by atoms with Gasteiger partial charge in [0.15, 0.2) is 0 Å². The molecule has 0 radical (unpaired) electrons. The Balaban J connectivity index is 2.01. The Morgan fingerprint density at radius 2 is 1.89 bits per heavy atom. The SMILES string of the molecule is Cc1cc(C)cc(C(N)CCc2cnn(C)c2)c1. The lowest BCUT2D eigenvalue weighted by molar-refractivity contribution is 0.650. The third-order valence-electron chi connectivity index (χ3n) is 3.17. The van der Waals surface area contributed by atoms with Crippen LogP contribution in [0, 0.1) is 13.8 Å². The average molecular weight is 243 g/mol. The Kier molecular flexibility index (Phi) is 3.82. The van der Waals surface area contributed by atoms with Gasteiger partial charge in [-0.3, -0.25) is 4.68 Å². The van der Waals surface area contributed by atoms with Crippen LogP contribution in [-0.2, 0) is 13.5 Å². The number of benzene rings is 1. The minimum Gasteiger partial charge on any atom is -0.324 e. The molecular formula is C15H21N3. The van der Waals surface area contributed by atoms with Crippen LogP contribution < -0.4 is 5.73 Å². The molecule has 0 aliphatic carbocycles. The molecule has 0 spiro atoms. The van der Waals surface area contributed by atoms with E-state index in [1.807, 2.05) is 24.1 Å². The van der Waals surface area contributed by atoms with Gasteiger partial charge in [0.25, 0.3) is 0 Å². The van der Waals surface area contributed by atoms with Crippen molar-refractivity contribution >= 4 is 0 Å². The van der Waals surface area contributed by atoms with Gasteiger partial charge in [-0.1, -0.05) is 29.3 Å². The molecule has 2 rings (SSSR count). The highest BCUT2D eigenvalue weighted by Gasteiger charge is 2.08. The maximum Gasteiger partial charge on any atom is 0.0521 e. The summed E-state index contributed by atoms with van der Waals surface area (Å²) in [6.07, 6.45) is 5.89. The standard InChI is InChI=1S/C15H21N3/c1-11-6-12(2)8-14(7-11)15(16)5-4-13-9-17-18(3)10-13/h6-10,15H,4-5,16H2,1-3H3. The van der Waals surface area contributed by atoms with E-state index in [2.05, 4.69) is 37.1 Å². The van der Waals surface area contributed by atoms with E-state index in [9.17, 15) is 0 Å². The van der Waals surface area contributed by atoms with Crippen molar-refractivity contribution in [2.45, 2.75) is 32.7 Å². The van der Waals surface area contributed by atoms with E-state index < -0.39 is 0 Å². The fourth-order valence-corrected chi connectivity index (χ4v) is 2.31. The summed E-state index contributed by atoms with van der Waals surface area (Å²) >= 11 is 0. The Hall–Kier alpha value is -1.61. The van der Waals surface area contributed by atoms with Crippen LogP contribution in [-0.4, -0.2) is 9.78 Å². The van der Waals surface area contributed by atoms with Crippen LogP contribution in [0.3, 0.4) is 0 Å². The molecule has 0 amide bonds. The van der Waals surface area contributed by atoms with Crippen molar-refractivity contribution in [3.05, 3.63) is 52.8 Å². The van der Waals surface area contributed by atoms with E-state index in [0.29, 0.717) is 0 Å². The fourth-order valence-electron chi connectivity index (χ4n) is 2.31. The summed E-state index contributed by atoms with van der Waals surface area (Å²) in [5, 5.41) is 4.17. The van der Waals surface area contributed by atoms with E-state index in [-0.39, 0.29) is 6.04 Å². The van der Waals surface area contributed by atoms with Gasteiger partial charge in [-0.25, -0.2) is 0 Å². The van der Waals surface area contributed by atoms with Crippen LogP contribution in [0.15, 0.2) is 30.6 Å².